The molecular weight excluding hydrogens is 312 g/mol. The summed E-state index contributed by atoms with van der Waals surface area (Å²) in [7, 11) is 0. The molecule has 0 aliphatic heterocycles. The Hall–Kier alpha value is -2.34. The molecule has 0 spiro atoms. The van der Waals surface area contributed by atoms with E-state index in [0.29, 0.717) is 24.4 Å². The van der Waals surface area contributed by atoms with Gasteiger partial charge in [-0.1, -0.05) is 6.07 Å². The molecule has 1 aromatic carbocycles. The van der Waals surface area contributed by atoms with Gasteiger partial charge in [-0.25, -0.2) is 4.79 Å². The molecular formula is C17H20N2O3S. The molecule has 2 N–H and O–H groups in total. The summed E-state index contributed by atoms with van der Waals surface area (Å²) >= 11 is 1.61. The largest absolute Gasteiger partial charge is 0.450 e. The van der Waals surface area contributed by atoms with Gasteiger partial charge < -0.3 is 10.1 Å². The van der Waals surface area contributed by atoms with Gasteiger partial charge in [0.15, 0.2) is 0 Å². The lowest BCUT2D eigenvalue weighted by molar-refractivity contribution is -0.115. The molecule has 0 bridgehead atoms. The van der Waals surface area contributed by atoms with Gasteiger partial charge >= 0.3 is 6.09 Å². The van der Waals surface area contributed by atoms with Crippen molar-refractivity contribution in [3.63, 3.8) is 0 Å². The number of hydrogen-bond acceptors (Lipinski definition) is 4. The molecule has 0 aliphatic carbocycles. The predicted octanol–water partition coefficient (Wildman–Crippen LogP) is 4.11. The number of hydrogen-bond donors (Lipinski definition) is 2. The zero-order valence-corrected chi connectivity index (χ0v) is 14.3. The Balaban J connectivity index is 2.04. The van der Waals surface area contributed by atoms with Crippen LogP contribution in [0.4, 0.5) is 16.2 Å². The van der Waals surface area contributed by atoms with Crippen molar-refractivity contribution in [3.8, 4) is 0 Å². The maximum atomic E-state index is 12.2. The number of aryl methyl sites for hydroxylation is 1. The second-order valence-electron chi connectivity index (χ2n) is 5.06. The average Bonchev–Trinajstić information content (AvgIpc) is 2.88. The standard InChI is InChI=1S/C17H20N2O3S/c1-4-22-17(21)19-15-7-5-6-14(12(15)3)18-16(20)10-13-9-8-11(2)23-13/h5-9H,4,10H2,1-3H3,(H,18,20)(H,19,21). The van der Waals surface area contributed by atoms with Crippen LogP contribution in [-0.2, 0) is 16.0 Å². The van der Waals surface area contributed by atoms with Crippen LogP contribution in [0.25, 0.3) is 0 Å². The van der Waals surface area contributed by atoms with Gasteiger partial charge in [-0.05, 0) is 50.6 Å². The smallest absolute Gasteiger partial charge is 0.411 e. The summed E-state index contributed by atoms with van der Waals surface area (Å²) < 4.78 is 4.87. The summed E-state index contributed by atoms with van der Waals surface area (Å²) in [5, 5.41) is 5.56. The van der Waals surface area contributed by atoms with E-state index in [1.165, 1.54) is 4.88 Å². The van der Waals surface area contributed by atoms with Crippen molar-refractivity contribution in [3.05, 3.63) is 45.6 Å². The van der Waals surface area contributed by atoms with Crippen LogP contribution in [0.3, 0.4) is 0 Å². The molecule has 0 aliphatic rings. The molecule has 0 atom stereocenters. The maximum absolute atomic E-state index is 12.2. The Morgan fingerprint density at radius 3 is 2.39 bits per heavy atom. The van der Waals surface area contributed by atoms with Crippen molar-refractivity contribution in [1.82, 2.24) is 0 Å². The highest BCUT2D eigenvalue weighted by molar-refractivity contribution is 7.12. The number of carbonyl (C=O) groups excluding carboxylic acids is 2. The quantitative estimate of drug-likeness (QED) is 0.865. The highest BCUT2D eigenvalue weighted by Crippen LogP contribution is 2.24. The average molecular weight is 332 g/mol. The summed E-state index contributed by atoms with van der Waals surface area (Å²) in [4.78, 5) is 25.9. The Kier molecular flexibility index (Phi) is 5.76. The number of nitrogens with one attached hydrogen (secondary N) is 2. The van der Waals surface area contributed by atoms with E-state index in [-0.39, 0.29) is 5.91 Å². The molecule has 1 aromatic heterocycles. The zero-order valence-electron chi connectivity index (χ0n) is 13.4. The van der Waals surface area contributed by atoms with Gasteiger partial charge in [0.05, 0.1) is 13.0 Å². The first-order chi connectivity index (χ1) is 11.0. The number of amides is 2. The van der Waals surface area contributed by atoms with Gasteiger partial charge in [-0.3, -0.25) is 10.1 Å². The molecule has 2 amide bonds. The molecule has 0 fully saturated rings. The molecule has 0 saturated carbocycles. The second-order valence-corrected chi connectivity index (χ2v) is 6.43. The fourth-order valence-electron chi connectivity index (χ4n) is 2.12. The van der Waals surface area contributed by atoms with E-state index < -0.39 is 6.09 Å². The minimum Gasteiger partial charge on any atom is -0.450 e. The summed E-state index contributed by atoms with van der Waals surface area (Å²) in [6.45, 7) is 5.91. The van der Waals surface area contributed by atoms with Crippen LogP contribution < -0.4 is 10.6 Å². The van der Waals surface area contributed by atoms with E-state index in [0.717, 1.165) is 10.4 Å². The van der Waals surface area contributed by atoms with Crippen LogP contribution in [0.15, 0.2) is 30.3 Å². The number of rotatable bonds is 5. The minimum atomic E-state index is -0.506. The van der Waals surface area contributed by atoms with E-state index >= 15 is 0 Å². The fraction of sp³-hybridized carbons (Fsp3) is 0.294. The van der Waals surface area contributed by atoms with Crippen LogP contribution in [0.2, 0.25) is 0 Å². The third-order valence-corrected chi connectivity index (χ3v) is 4.25. The third kappa shape index (κ3) is 4.82. The first kappa shape index (κ1) is 17.0. The van der Waals surface area contributed by atoms with Gasteiger partial charge in [0, 0.05) is 21.1 Å². The molecule has 2 aromatic rings. The van der Waals surface area contributed by atoms with Crippen LogP contribution in [0.1, 0.15) is 22.2 Å². The van der Waals surface area contributed by atoms with E-state index in [1.807, 2.05) is 32.0 Å². The molecule has 0 saturated heterocycles. The Morgan fingerprint density at radius 1 is 1.09 bits per heavy atom. The normalized spacial score (nSPS) is 10.2. The van der Waals surface area contributed by atoms with Gasteiger partial charge in [-0.2, -0.15) is 0 Å². The first-order valence-corrected chi connectivity index (χ1v) is 8.19. The van der Waals surface area contributed by atoms with Crippen molar-refractivity contribution in [2.24, 2.45) is 0 Å². The number of benzene rings is 1. The minimum absolute atomic E-state index is 0.0803. The molecule has 23 heavy (non-hydrogen) atoms. The summed E-state index contributed by atoms with van der Waals surface area (Å²) in [6.07, 6.45) is -0.166. The highest BCUT2D eigenvalue weighted by atomic mass is 32.1. The predicted molar refractivity (Wildman–Crippen MR) is 93.2 cm³/mol. The fourth-order valence-corrected chi connectivity index (χ4v) is 3.01. The van der Waals surface area contributed by atoms with Crippen LogP contribution in [0, 0.1) is 13.8 Å². The van der Waals surface area contributed by atoms with Gasteiger partial charge in [-0.15, -0.1) is 11.3 Å². The summed E-state index contributed by atoms with van der Waals surface area (Å²) in [6, 6.07) is 9.32. The maximum Gasteiger partial charge on any atom is 0.411 e. The van der Waals surface area contributed by atoms with Crippen LogP contribution in [0.5, 0.6) is 0 Å². The molecule has 6 heteroatoms. The van der Waals surface area contributed by atoms with Crippen molar-refractivity contribution in [2.75, 3.05) is 17.2 Å². The van der Waals surface area contributed by atoms with Crippen molar-refractivity contribution in [1.29, 1.82) is 0 Å². The lowest BCUT2D eigenvalue weighted by Gasteiger charge is -2.13. The molecule has 122 valence electrons. The van der Waals surface area contributed by atoms with Crippen molar-refractivity contribution < 1.29 is 14.3 Å². The third-order valence-electron chi connectivity index (χ3n) is 3.25. The van der Waals surface area contributed by atoms with Gasteiger partial charge in [0.2, 0.25) is 5.91 Å². The molecule has 1 heterocycles. The van der Waals surface area contributed by atoms with Crippen LogP contribution >= 0.6 is 11.3 Å². The van der Waals surface area contributed by atoms with Gasteiger partial charge in [0.1, 0.15) is 0 Å². The first-order valence-electron chi connectivity index (χ1n) is 7.38. The SMILES string of the molecule is CCOC(=O)Nc1cccc(NC(=O)Cc2ccc(C)s2)c1C. The summed E-state index contributed by atoms with van der Waals surface area (Å²) in [5.41, 5.74) is 2.09. The number of thiophene rings is 1. The molecule has 5 nitrogen and oxygen atoms in total. The van der Waals surface area contributed by atoms with E-state index in [9.17, 15) is 9.59 Å². The number of anilines is 2. The lowest BCUT2D eigenvalue weighted by Crippen LogP contribution is -2.17. The molecule has 0 unspecified atom stereocenters. The Bertz CT molecular complexity index is 710. The zero-order chi connectivity index (χ0) is 16.8. The molecule has 2 rings (SSSR count). The van der Waals surface area contributed by atoms with Crippen molar-refractivity contribution in [2.45, 2.75) is 27.2 Å². The number of ether oxygens (including phenoxy) is 1. The van der Waals surface area contributed by atoms with Crippen molar-refractivity contribution >= 4 is 34.7 Å². The van der Waals surface area contributed by atoms with E-state index in [2.05, 4.69) is 10.6 Å². The van der Waals surface area contributed by atoms with Gasteiger partial charge in [0.25, 0.3) is 0 Å². The van der Waals surface area contributed by atoms with Crippen LogP contribution in [-0.4, -0.2) is 18.6 Å². The van der Waals surface area contributed by atoms with E-state index in [1.54, 1.807) is 30.4 Å². The van der Waals surface area contributed by atoms with E-state index in [4.69, 9.17) is 4.74 Å². The highest BCUT2D eigenvalue weighted by Gasteiger charge is 2.11. The Morgan fingerprint density at radius 2 is 1.78 bits per heavy atom. The monoisotopic (exact) mass is 332 g/mol. The molecule has 0 radical (unpaired) electrons. The number of carbonyl (C=O) groups is 2. The Labute approximate surface area is 139 Å². The lowest BCUT2D eigenvalue weighted by atomic mass is 10.1. The topological polar surface area (TPSA) is 67.4 Å². The summed E-state index contributed by atoms with van der Waals surface area (Å²) in [5.74, 6) is -0.0803. The second kappa shape index (κ2) is 7.78.